The molecule has 21 heavy (non-hydrogen) atoms. The zero-order valence-electron chi connectivity index (χ0n) is 11.3. The van der Waals surface area contributed by atoms with Crippen LogP contribution in [-0.2, 0) is 4.74 Å². The third-order valence-electron chi connectivity index (χ3n) is 4.04. The third kappa shape index (κ3) is 1.94. The molecular formula is C15H14N2O4. The van der Waals surface area contributed by atoms with Gasteiger partial charge in [0.05, 0.1) is 6.04 Å². The number of benzene rings is 1. The van der Waals surface area contributed by atoms with E-state index in [0.717, 1.165) is 5.39 Å². The summed E-state index contributed by atoms with van der Waals surface area (Å²) in [5.41, 5.74) is 0.707. The van der Waals surface area contributed by atoms with Crippen LogP contribution in [0.4, 0.5) is 4.79 Å². The Hall–Kier alpha value is -2.50. The number of nitrogens with zero attached hydrogens (tertiary/aromatic N) is 2. The first-order chi connectivity index (χ1) is 10.2. The Morgan fingerprint density at radius 1 is 1.24 bits per heavy atom. The van der Waals surface area contributed by atoms with E-state index >= 15 is 0 Å². The van der Waals surface area contributed by atoms with Gasteiger partial charge in [0.25, 0.3) is 5.91 Å². The van der Waals surface area contributed by atoms with Crippen LogP contribution in [0.5, 0.6) is 0 Å². The van der Waals surface area contributed by atoms with Gasteiger partial charge in [0.2, 0.25) is 0 Å². The zero-order chi connectivity index (χ0) is 14.4. The van der Waals surface area contributed by atoms with Crippen molar-refractivity contribution < 1.29 is 18.7 Å². The summed E-state index contributed by atoms with van der Waals surface area (Å²) in [6.07, 6.45) is -0.282. The Balaban J connectivity index is 1.56. The molecule has 4 rings (SSSR count). The molecule has 1 unspecified atom stereocenters. The van der Waals surface area contributed by atoms with Crippen LogP contribution in [0.25, 0.3) is 11.0 Å². The highest BCUT2D eigenvalue weighted by molar-refractivity contribution is 5.96. The number of para-hydroxylation sites is 1. The van der Waals surface area contributed by atoms with Crippen LogP contribution in [0.3, 0.4) is 0 Å². The number of cyclic esters (lactones) is 1. The quantitative estimate of drug-likeness (QED) is 0.800. The fourth-order valence-electron chi connectivity index (χ4n) is 2.92. The molecule has 6 heteroatoms. The molecule has 0 spiro atoms. The van der Waals surface area contributed by atoms with Gasteiger partial charge in [-0.05, 0) is 12.1 Å². The Bertz CT molecular complexity index is 690. The average molecular weight is 286 g/mol. The van der Waals surface area contributed by atoms with Gasteiger partial charge in [-0.3, -0.25) is 9.69 Å². The molecule has 0 N–H and O–H groups in total. The molecular weight excluding hydrogens is 272 g/mol. The molecule has 108 valence electrons. The van der Waals surface area contributed by atoms with Gasteiger partial charge < -0.3 is 14.1 Å². The first kappa shape index (κ1) is 12.3. The second-order valence-corrected chi connectivity index (χ2v) is 5.32. The Morgan fingerprint density at radius 3 is 2.95 bits per heavy atom. The molecule has 2 aliphatic heterocycles. The van der Waals surface area contributed by atoms with Crippen LogP contribution in [0.1, 0.15) is 10.6 Å². The molecule has 0 saturated carbocycles. The van der Waals surface area contributed by atoms with E-state index in [2.05, 4.69) is 0 Å². The van der Waals surface area contributed by atoms with Crippen molar-refractivity contribution in [2.24, 2.45) is 0 Å². The monoisotopic (exact) mass is 286 g/mol. The lowest BCUT2D eigenvalue weighted by Gasteiger charge is -2.34. The topological polar surface area (TPSA) is 63.0 Å². The summed E-state index contributed by atoms with van der Waals surface area (Å²) in [7, 11) is 0. The fourth-order valence-corrected chi connectivity index (χ4v) is 2.92. The molecule has 2 amide bonds. The summed E-state index contributed by atoms with van der Waals surface area (Å²) < 4.78 is 10.6. The number of fused-ring (bicyclic) bond motifs is 2. The molecule has 0 bridgehead atoms. The lowest BCUT2D eigenvalue weighted by molar-refractivity contribution is 0.0589. The highest BCUT2D eigenvalue weighted by atomic mass is 16.6. The Kier molecular flexibility index (Phi) is 2.63. The normalized spacial score (nSPS) is 21.5. The summed E-state index contributed by atoms with van der Waals surface area (Å²) in [5.74, 6) is 0.208. The number of carbonyl (C=O) groups excluding carboxylic acids is 2. The highest BCUT2D eigenvalue weighted by Gasteiger charge is 2.39. The molecule has 0 radical (unpaired) electrons. The van der Waals surface area contributed by atoms with Crippen molar-refractivity contribution in [1.29, 1.82) is 0 Å². The number of hydrogen-bond donors (Lipinski definition) is 0. The molecule has 1 aromatic carbocycles. The maximum absolute atomic E-state index is 12.5. The second-order valence-electron chi connectivity index (χ2n) is 5.32. The van der Waals surface area contributed by atoms with Gasteiger partial charge in [0.15, 0.2) is 5.76 Å². The number of amides is 2. The van der Waals surface area contributed by atoms with Gasteiger partial charge in [-0.2, -0.15) is 0 Å². The van der Waals surface area contributed by atoms with E-state index in [9.17, 15) is 9.59 Å². The number of furan rings is 1. The van der Waals surface area contributed by atoms with E-state index in [1.165, 1.54) is 0 Å². The van der Waals surface area contributed by atoms with Crippen LogP contribution < -0.4 is 0 Å². The van der Waals surface area contributed by atoms with Gasteiger partial charge in [-0.15, -0.1) is 0 Å². The van der Waals surface area contributed by atoms with E-state index < -0.39 is 0 Å². The van der Waals surface area contributed by atoms with Crippen LogP contribution in [-0.4, -0.2) is 54.1 Å². The average Bonchev–Trinajstić information content (AvgIpc) is 3.10. The number of carbonyl (C=O) groups is 2. The van der Waals surface area contributed by atoms with E-state index in [1.54, 1.807) is 15.9 Å². The lowest BCUT2D eigenvalue weighted by Crippen LogP contribution is -2.53. The molecule has 6 nitrogen and oxygen atoms in total. The molecule has 2 fully saturated rings. The Morgan fingerprint density at radius 2 is 2.10 bits per heavy atom. The van der Waals surface area contributed by atoms with Crippen molar-refractivity contribution in [3.63, 3.8) is 0 Å². The predicted molar refractivity (Wildman–Crippen MR) is 74.0 cm³/mol. The van der Waals surface area contributed by atoms with Crippen LogP contribution in [0.2, 0.25) is 0 Å². The van der Waals surface area contributed by atoms with E-state index in [0.29, 0.717) is 37.6 Å². The van der Waals surface area contributed by atoms with Crippen molar-refractivity contribution in [3.05, 3.63) is 36.1 Å². The van der Waals surface area contributed by atoms with Gasteiger partial charge in [-0.1, -0.05) is 18.2 Å². The summed E-state index contributed by atoms with van der Waals surface area (Å²) >= 11 is 0. The summed E-state index contributed by atoms with van der Waals surface area (Å²) in [4.78, 5) is 27.4. The number of piperazine rings is 1. The molecule has 3 heterocycles. The van der Waals surface area contributed by atoms with Crippen LogP contribution in [0, 0.1) is 0 Å². The van der Waals surface area contributed by atoms with E-state index in [-0.39, 0.29) is 18.0 Å². The summed E-state index contributed by atoms with van der Waals surface area (Å²) in [5, 5.41) is 0.916. The van der Waals surface area contributed by atoms with Crippen molar-refractivity contribution in [3.8, 4) is 0 Å². The van der Waals surface area contributed by atoms with Crippen molar-refractivity contribution in [1.82, 2.24) is 9.80 Å². The minimum Gasteiger partial charge on any atom is -0.451 e. The summed E-state index contributed by atoms with van der Waals surface area (Å²) in [6.45, 7) is 1.85. The maximum Gasteiger partial charge on any atom is 0.410 e. The van der Waals surface area contributed by atoms with Crippen molar-refractivity contribution in [2.45, 2.75) is 6.04 Å². The Labute approximate surface area is 120 Å². The van der Waals surface area contributed by atoms with E-state index in [1.807, 2.05) is 24.3 Å². The van der Waals surface area contributed by atoms with Crippen LogP contribution >= 0.6 is 0 Å². The first-order valence-corrected chi connectivity index (χ1v) is 6.93. The van der Waals surface area contributed by atoms with Gasteiger partial charge >= 0.3 is 6.09 Å². The standard InChI is InChI=1S/C15H14N2O4/c18-14(13-7-10-3-1-2-4-12(10)21-13)16-5-6-17-11(8-16)9-20-15(17)19/h1-4,7,11H,5-6,8-9H2. The van der Waals surface area contributed by atoms with Gasteiger partial charge in [0.1, 0.15) is 12.2 Å². The third-order valence-corrected chi connectivity index (χ3v) is 4.04. The molecule has 1 aromatic heterocycles. The highest BCUT2D eigenvalue weighted by Crippen LogP contribution is 2.23. The SMILES string of the molecule is O=C(c1cc2ccccc2o1)N1CCN2C(=O)OCC2C1. The minimum absolute atomic E-state index is 0.0421. The molecule has 2 aromatic rings. The fraction of sp³-hybridized carbons (Fsp3) is 0.333. The second kappa shape index (κ2) is 4.51. The van der Waals surface area contributed by atoms with Gasteiger partial charge in [-0.25, -0.2) is 4.79 Å². The summed E-state index contributed by atoms with van der Waals surface area (Å²) in [6, 6.07) is 9.26. The number of rotatable bonds is 1. The zero-order valence-corrected chi connectivity index (χ0v) is 11.3. The molecule has 2 saturated heterocycles. The predicted octanol–water partition coefficient (Wildman–Crippen LogP) is 1.71. The largest absolute Gasteiger partial charge is 0.451 e. The van der Waals surface area contributed by atoms with Gasteiger partial charge in [0, 0.05) is 25.0 Å². The maximum atomic E-state index is 12.5. The molecule has 2 aliphatic rings. The first-order valence-electron chi connectivity index (χ1n) is 6.93. The van der Waals surface area contributed by atoms with Crippen molar-refractivity contribution >= 4 is 23.0 Å². The van der Waals surface area contributed by atoms with Crippen LogP contribution in [0.15, 0.2) is 34.7 Å². The smallest absolute Gasteiger partial charge is 0.410 e. The molecule has 1 atom stereocenters. The van der Waals surface area contributed by atoms with E-state index in [4.69, 9.17) is 9.15 Å². The number of ether oxygens (including phenoxy) is 1. The molecule has 0 aliphatic carbocycles. The lowest BCUT2D eigenvalue weighted by atomic mass is 10.2. The van der Waals surface area contributed by atoms with Crippen molar-refractivity contribution in [2.75, 3.05) is 26.2 Å². The number of hydrogen-bond acceptors (Lipinski definition) is 4. The minimum atomic E-state index is -0.282.